The van der Waals surface area contributed by atoms with E-state index in [4.69, 9.17) is 0 Å². The molecule has 1 unspecified atom stereocenters. The van der Waals surface area contributed by atoms with E-state index in [1.807, 2.05) is 0 Å². The van der Waals surface area contributed by atoms with Crippen LogP contribution in [-0.2, 0) is 17.7 Å². The highest BCUT2D eigenvalue weighted by Crippen LogP contribution is 2.25. The SMILES string of the molecule is O=C(c1ccc2ncccc2c1)c1c(F)c(F)cc(CCCNS(=O)[O-])c1F. The van der Waals surface area contributed by atoms with E-state index in [-0.39, 0.29) is 30.5 Å². The van der Waals surface area contributed by atoms with E-state index < -0.39 is 40.1 Å². The first-order valence-electron chi connectivity index (χ1n) is 8.27. The average Bonchev–Trinajstić information content (AvgIpc) is 2.68. The van der Waals surface area contributed by atoms with Crippen LogP contribution < -0.4 is 4.72 Å². The molecule has 0 fully saturated rings. The van der Waals surface area contributed by atoms with Crippen LogP contribution in [0.4, 0.5) is 13.2 Å². The van der Waals surface area contributed by atoms with Gasteiger partial charge in [-0.1, -0.05) is 6.07 Å². The molecule has 2 aromatic carbocycles. The number of fused-ring (bicyclic) bond motifs is 1. The fraction of sp³-hybridized carbons (Fsp3) is 0.158. The summed E-state index contributed by atoms with van der Waals surface area (Å²) in [6.45, 7) is -0.00446. The van der Waals surface area contributed by atoms with Gasteiger partial charge >= 0.3 is 0 Å². The van der Waals surface area contributed by atoms with Crippen LogP contribution in [-0.4, -0.2) is 26.1 Å². The predicted molar refractivity (Wildman–Crippen MR) is 96.7 cm³/mol. The lowest BCUT2D eigenvalue weighted by Crippen LogP contribution is -2.18. The number of rotatable bonds is 7. The zero-order valence-corrected chi connectivity index (χ0v) is 15.2. The van der Waals surface area contributed by atoms with Crippen molar-refractivity contribution in [1.82, 2.24) is 9.71 Å². The zero-order valence-electron chi connectivity index (χ0n) is 14.4. The topological polar surface area (TPSA) is 82.1 Å². The van der Waals surface area contributed by atoms with E-state index in [9.17, 15) is 26.7 Å². The quantitative estimate of drug-likeness (QED) is 0.282. The molecule has 1 N–H and O–H groups in total. The number of aromatic nitrogens is 1. The van der Waals surface area contributed by atoms with Gasteiger partial charge in [-0.25, -0.2) is 17.9 Å². The number of nitrogens with zero attached hydrogens (tertiary/aromatic N) is 1. The normalized spacial score (nSPS) is 12.3. The number of halogens is 3. The molecule has 1 heterocycles. The summed E-state index contributed by atoms with van der Waals surface area (Å²) in [5, 5.41) is 0.600. The van der Waals surface area contributed by atoms with Crippen molar-refractivity contribution in [2.75, 3.05) is 6.54 Å². The van der Waals surface area contributed by atoms with Gasteiger partial charge in [-0.3, -0.25) is 14.0 Å². The number of hydrogen-bond acceptors (Lipinski definition) is 4. The van der Waals surface area contributed by atoms with Gasteiger partial charge in [0.15, 0.2) is 17.4 Å². The molecule has 0 aliphatic rings. The van der Waals surface area contributed by atoms with Crippen LogP contribution in [0.3, 0.4) is 0 Å². The van der Waals surface area contributed by atoms with Gasteiger partial charge in [0.05, 0.1) is 11.1 Å². The second kappa shape index (κ2) is 8.59. The molecule has 28 heavy (non-hydrogen) atoms. The van der Waals surface area contributed by atoms with Gasteiger partial charge in [0.1, 0.15) is 5.82 Å². The molecular weight excluding hydrogens is 393 g/mol. The van der Waals surface area contributed by atoms with Gasteiger partial charge in [-0.15, -0.1) is 0 Å². The van der Waals surface area contributed by atoms with Gasteiger partial charge in [0.25, 0.3) is 0 Å². The van der Waals surface area contributed by atoms with Gasteiger partial charge in [0, 0.05) is 35.0 Å². The van der Waals surface area contributed by atoms with Crippen molar-refractivity contribution in [3.63, 3.8) is 0 Å². The third-order valence-corrected chi connectivity index (χ3v) is 4.61. The van der Waals surface area contributed by atoms with Crippen molar-refractivity contribution in [3.8, 4) is 0 Å². The number of carbonyl (C=O) groups excluding carboxylic acids is 1. The Balaban J connectivity index is 1.94. The summed E-state index contributed by atoms with van der Waals surface area (Å²) in [4.78, 5) is 16.8. The Labute approximate surface area is 161 Å². The lowest BCUT2D eigenvalue weighted by molar-refractivity contribution is 0.102. The highest BCUT2D eigenvalue weighted by molar-refractivity contribution is 7.77. The Morgan fingerprint density at radius 2 is 1.93 bits per heavy atom. The highest BCUT2D eigenvalue weighted by Gasteiger charge is 2.25. The van der Waals surface area contributed by atoms with Crippen LogP contribution in [0.2, 0.25) is 0 Å². The summed E-state index contributed by atoms with van der Waals surface area (Å²) in [7, 11) is 0. The minimum Gasteiger partial charge on any atom is -0.760 e. The highest BCUT2D eigenvalue weighted by atomic mass is 32.2. The standard InChI is InChI=1S/C19H15F3N2O3S/c20-14-10-12(4-2-8-24-28(26)27)17(21)16(18(14)22)19(25)13-5-6-15-11(9-13)3-1-7-23-15/h1,3,5-7,9-10,24H,2,4,8H2,(H,26,27)/p-1. The average molecular weight is 407 g/mol. The van der Waals surface area contributed by atoms with Crippen molar-refractivity contribution in [1.29, 1.82) is 0 Å². The third-order valence-electron chi connectivity index (χ3n) is 4.17. The molecule has 0 saturated heterocycles. The number of aryl methyl sites for hydroxylation is 1. The van der Waals surface area contributed by atoms with Crippen LogP contribution in [0, 0.1) is 17.5 Å². The minimum absolute atomic E-state index is 0.00160. The van der Waals surface area contributed by atoms with Crippen LogP contribution in [0.25, 0.3) is 10.9 Å². The van der Waals surface area contributed by atoms with Crippen molar-refractivity contribution in [3.05, 3.63) is 76.7 Å². The summed E-state index contributed by atoms with van der Waals surface area (Å²) in [5.74, 6) is -5.04. The second-order valence-electron chi connectivity index (χ2n) is 5.99. The van der Waals surface area contributed by atoms with Gasteiger partial charge in [0.2, 0.25) is 0 Å². The third kappa shape index (κ3) is 4.27. The zero-order chi connectivity index (χ0) is 20.3. The molecule has 0 radical (unpaired) electrons. The van der Waals surface area contributed by atoms with Gasteiger partial charge < -0.3 is 4.55 Å². The molecular formula is C19H14F3N2O3S-. The van der Waals surface area contributed by atoms with E-state index >= 15 is 0 Å². The predicted octanol–water partition coefficient (Wildman–Crippen LogP) is 3.20. The Morgan fingerprint density at radius 3 is 2.68 bits per heavy atom. The number of hydrogen-bond donors (Lipinski definition) is 1. The van der Waals surface area contributed by atoms with Crippen molar-refractivity contribution in [2.45, 2.75) is 12.8 Å². The lowest BCUT2D eigenvalue weighted by Gasteiger charge is -2.11. The van der Waals surface area contributed by atoms with E-state index in [0.717, 1.165) is 0 Å². The van der Waals surface area contributed by atoms with Crippen LogP contribution in [0.15, 0.2) is 42.6 Å². The molecule has 3 aromatic rings. The van der Waals surface area contributed by atoms with E-state index in [2.05, 4.69) is 9.71 Å². The van der Waals surface area contributed by atoms with Crippen LogP contribution in [0.5, 0.6) is 0 Å². The molecule has 0 bridgehead atoms. The maximum absolute atomic E-state index is 14.8. The van der Waals surface area contributed by atoms with Crippen LogP contribution in [0.1, 0.15) is 27.9 Å². The summed E-state index contributed by atoms with van der Waals surface area (Å²) in [6, 6.07) is 8.36. The van der Waals surface area contributed by atoms with Gasteiger partial charge in [-0.2, -0.15) is 0 Å². The fourth-order valence-corrected chi connectivity index (χ4v) is 3.14. The lowest BCUT2D eigenvalue weighted by atomic mass is 9.97. The van der Waals surface area contributed by atoms with E-state index in [1.54, 1.807) is 18.3 Å². The molecule has 0 spiro atoms. The number of ketones is 1. The molecule has 9 heteroatoms. The molecule has 0 amide bonds. The molecule has 0 saturated carbocycles. The maximum Gasteiger partial charge on any atom is 0.199 e. The van der Waals surface area contributed by atoms with E-state index in [0.29, 0.717) is 17.0 Å². The first-order chi connectivity index (χ1) is 13.4. The number of carbonyl (C=O) groups is 1. The Bertz CT molecular complexity index is 1080. The number of pyridine rings is 1. The molecule has 1 aromatic heterocycles. The summed E-state index contributed by atoms with van der Waals surface area (Å²) >= 11 is -2.47. The smallest absolute Gasteiger partial charge is 0.199 e. The second-order valence-corrected chi connectivity index (χ2v) is 6.75. The van der Waals surface area contributed by atoms with Crippen molar-refractivity contribution in [2.24, 2.45) is 0 Å². The molecule has 3 rings (SSSR count). The fourth-order valence-electron chi connectivity index (χ4n) is 2.83. The molecule has 0 aliphatic carbocycles. The minimum atomic E-state index is -2.47. The van der Waals surface area contributed by atoms with E-state index in [1.165, 1.54) is 18.2 Å². The van der Waals surface area contributed by atoms with Crippen molar-refractivity contribution >= 4 is 28.0 Å². The number of benzene rings is 2. The Hall–Kier alpha value is -2.62. The Kier molecular flexibility index (Phi) is 6.18. The molecule has 146 valence electrons. The first kappa shape index (κ1) is 20.1. The molecule has 1 atom stereocenters. The first-order valence-corrected chi connectivity index (χ1v) is 9.34. The van der Waals surface area contributed by atoms with Gasteiger partial charge in [-0.05, 0) is 48.7 Å². The molecule has 5 nitrogen and oxygen atoms in total. The summed E-state index contributed by atoms with van der Waals surface area (Å²) in [5.41, 5.74) is -0.580. The molecule has 0 aliphatic heterocycles. The van der Waals surface area contributed by atoms with Crippen LogP contribution >= 0.6 is 0 Å². The van der Waals surface area contributed by atoms with Crippen molar-refractivity contribution < 1.29 is 26.7 Å². The summed E-state index contributed by atoms with van der Waals surface area (Å²) < 4.78 is 65.9. The number of nitrogens with one attached hydrogen (secondary N) is 1. The summed E-state index contributed by atoms with van der Waals surface area (Å²) in [6.07, 6.45) is 1.64. The monoisotopic (exact) mass is 407 g/mol. The largest absolute Gasteiger partial charge is 0.760 e. The maximum atomic E-state index is 14.8. The Morgan fingerprint density at radius 1 is 1.14 bits per heavy atom.